The Hall–Kier alpha value is -2.38. The van der Waals surface area contributed by atoms with Crippen LogP contribution in [0, 0.1) is 11.8 Å². The third-order valence-corrected chi connectivity index (χ3v) is 11.0. The van der Waals surface area contributed by atoms with Crippen LogP contribution in [0.2, 0.25) is 19.6 Å². The van der Waals surface area contributed by atoms with E-state index in [-0.39, 0.29) is 60.7 Å². The number of rotatable bonds is 12. The molecule has 0 unspecified atom stereocenters. The summed E-state index contributed by atoms with van der Waals surface area (Å²) in [6.45, 7) is 18.1. The minimum Gasteiger partial charge on any atom is -0.457 e. The predicted molar refractivity (Wildman–Crippen MR) is 169 cm³/mol. The van der Waals surface area contributed by atoms with Gasteiger partial charge in [0.2, 0.25) is 5.91 Å². The summed E-state index contributed by atoms with van der Waals surface area (Å²) in [7, 11) is -1.88. The molecule has 1 aromatic heterocycles. The molecule has 3 aliphatic heterocycles. The van der Waals surface area contributed by atoms with Crippen LogP contribution in [-0.2, 0) is 23.5 Å². The van der Waals surface area contributed by atoms with Crippen molar-refractivity contribution in [1.29, 1.82) is 0 Å². The van der Waals surface area contributed by atoms with E-state index in [0.717, 1.165) is 20.5 Å². The second-order valence-corrected chi connectivity index (χ2v) is 18.3. The van der Waals surface area contributed by atoms with Crippen LogP contribution in [0.4, 0.5) is 4.79 Å². The highest BCUT2D eigenvalue weighted by molar-refractivity contribution is 8.04. The molecule has 0 aromatic carbocycles. The van der Waals surface area contributed by atoms with Crippen LogP contribution >= 0.6 is 34.7 Å². The molecule has 2 amide bonds. The number of alkyl halides is 1. The molecule has 0 N–H and O–H groups in total. The fourth-order valence-corrected chi connectivity index (χ4v) is 9.25. The lowest BCUT2D eigenvalue weighted by molar-refractivity contribution is -0.163. The molecule has 3 aliphatic rings. The van der Waals surface area contributed by atoms with Gasteiger partial charge < -0.3 is 18.8 Å². The molecule has 42 heavy (non-hydrogen) atoms. The third-order valence-electron chi connectivity index (χ3n) is 7.34. The number of esters is 1. The fourth-order valence-electron chi connectivity index (χ4n) is 5.60. The van der Waals surface area contributed by atoms with Gasteiger partial charge in [0.15, 0.2) is 12.7 Å². The van der Waals surface area contributed by atoms with Crippen molar-refractivity contribution in [2.24, 2.45) is 11.8 Å². The van der Waals surface area contributed by atoms with Crippen molar-refractivity contribution in [3.63, 3.8) is 0 Å². The largest absolute Gasteiger partial charge is 0.457 e. The summed E-state index contributed by atoms with van der Waals surface area (Å²) in [4.78, 5) is 47.9. The lowest BCUT2D eigenvalue weighted by atomic mass is 9.79. The van der Waals surface area contributed by atoms with Crippen molar-refractivity contribution in [2.45, 2.75) is 62.4 Å². The number of halogens is 1. The fraction of sp³-hybridized carbons (Fsp3) is 0.517. The number of fused-ring (bicyclic) bond motifs is 1. The number of amides is 2. The maximum absolute atomic E-state index is 13.4. The van der Waals surface area contributed by atoms with E-state index in [0.29, 0.717) is 13.0 Å². The van der Waals surface area contributed by atoms with Crippen LogP contribution < -0.4 is 0 Å². The molecule has 0 bridgehead atoms. The van der Waals surface area contributed by atoms with Gasteiger partial charge in [0.1, 0.15) is 18.9 Å². The topological polar surface area (TPSA) is 98.3 Å². The van der Waals surface area contributed by atoms with Crippen molar-refractivity contribution >= 4 is 66.6 Å². The van der Waals surface area contributed by atoms with Gasteiger partial charge in [-0.3, -0.25) is 9.69 Å². The standard InChI is InChI=1S/C29H38ClN3O6S2Si/c1-8-12-37-27(35)24-25(17(3)23-22(26(34)33(23)24)18(4)39-42(5,6)7)41-28-31-21(16-40-28)19-10-11-32(20(14-19)15-30)29(36)38-13-9-2/h8-10,16-18,20,22-23H,1-2,11-15H2,3-7H3/t17-,18-,20+,22-,23-/m1/s1. The van der Waals surface area contributed by atoms with E-state index in [1.165, 1.54) is 35.3 Å². The summed E-state index contributed by atoms with van der Waals surface area (Å²) in [5.41, 5.74) is 2.07. The summed E-state index contributed by atoms with van der Waals surface area (Å²) < 4.78 is 17.6. The molecular weight excluding hydrogens is 614 g/mol. The normalized spacial score (nSPS) is 24.5. The summed E-state index contributed by atoms with van der Waals surface area (Å²) in [5.74, 6) is -0.834. The van der Waals surface area contributed by atoms with Crippen molar-refractivity contribution < 1.29 is 28.3 Å². The smallest absolute Gasteiger partial charge is 0.410 e. The first kappa shape index (κ1) is 32.5. The Morgan fingerprint density at radius 2 is 1.95 bits per heavy atom. The molecule has 0 aliphatic carbocycles. The SMILES string of the molecule is C=CCOC(=O)C1=C(Sc2nc(C3=CCN(C(=O)OCC=C)[C@H](CCl)C3)cs2)[C@H](C)[C@@H]2[C@@H]([C@@H](C)O[Si](C)(C)C)C(=O)N12. The Labute approximate surface area is 261 Å². The van der Waals surface area contributed by atoms with E-state index in [2.05, 4.69) is 32.8 Å². The van der Waals surface area contributed by atoms with E-state index in [4.69, 9.17) is 30.5 Å². The summed E-state index contributed by atoms with van der Waals surface area (Å²) in [5, 5.41) is 1.97. The number of carbonyl (C=O) groups is 3. The molecular formula is C29H38ClN3O6S2Si. The molecule has 4 rings (SSSR count). The van der Waals surface area contributed by atoms with Crippen LogP contribution in [0.3, 0.4) is 0 Å². The van der Waals surface area contributed by atoms with Gasteiger partial charge in [-0.2, -0.15) is 0 Å². The average Bonchev–Trinajstić information content (AvgIpc) is 3.50. The van der Waals surface area contributed by atoms with E-state index in [1.54, 1.807) is 9.80 Å². The number of ether oxygens (including phenoxy) is 2. The van der Waals surface area contributed by atoms with Crippen LogP contribution in [-0.4, -0.2) is 84.9 Å². The first-order valence-electron chi connectivity index (χ1n) is 13.9. The Balaban J connectivity index is 1.56. The molecule has 4 heterocycles. The predicted octanol–water partition coefficient (Wildman–Crippen LogP) is 5.91. The highest BCUT2D eigenvalue weighted by Crippen LogP contribution is 2.53. The maximum atomic E-state index is 13.4. The highest BCUT2D eigenvalue weighted by Gasteiger charge is 2.61. The summed E-state index contributed by atoms with van der Waals surface area (Å²) in [6.07, 6.45) is 4.86. The van der Waals surface area contributed by atoms with Crippen LogP contribution in [0.1, 0.15) is 26.0 Å². The van der Waals surface area contributed by atoms with Crippen LogP contribution in [0.25, 0.3) is 5.57 Å². The third kappa shape index (κ3) is 6.72. The second-order valence-electron chi connectivity index (χ2n) is 11.4. The average molecular weight is 652 g/mol. The van der Waals surface area contributed by atoms with Crippen molar-refractivity contribution in [3.8, 4) is 0 Å². The zero-order valence-corrected chi connectivity index (χ0v) is 28.0. The highest BCUT2D eigenvalue weighted by atomic mass is 35.5. The van der Waals surface area contributed by atoms with Gasteiger partial charge in [-0.25, -0.2) is 14.6 Å². The van der Waals surface area contributed by atoms with Crippen molar-refractivity contribution in [2.75, 3.05) is 25.6 Å². The van der Waals surface area contributed by atoms with Gasteiger partial charge in [0.25, 0.3) is 0 Å². The van der Waals surface area contributed by atoms with Crippen molar-refractivity contribution in [3.05, 3.63) is 53.1 Å². The quantitative estimate of drug-likeness (QED) is 0.0905. The van der Waals surface area contributed by atoms with Crippen LogP contribution in [0.15, 0.2) is 51.7 Å². The van der Waals surface area contributed by atoms with Crippen molar-refractivity contribution in [1.82, 2.24) is 14.8 Å². The first-order chi connectivity index (χ1) is 19.9. The summed E-state index contributed by atoms with van der Waals surface area (Å²) in [6, 6.07) is -0.410. The van der Waals surface area contributed by atoms with Gasteiger partial charge in [-0.15, -0.1) is 22.9 Å². The minimum atomic E-state index is -1.88. The number of thiazole rings is 1. The Morgan fingerprint density at radius 3 is 2.60 bits per heavy atom. The van der Waals surface area contributed by atoms with E-state index in [9.17, 15) is 14.4 Å². The molecule has 13 heteroatoms. The molecule has 9 nitrogen and oxygen atoms in total. The van der Waals surface area contributed by atoms with E-state index >= 15 is 0 Å². The Bertz CT molecular complexity index is 1310. The van der Waals surface area contributed by atoms with Gasteiger partial charge in [-0.05, 0) is 38.6 Å². The number of nitrogens with zero attached hydrogens (tertiary/aromatic N) is 3. The molecule has 0 spiro atoms. The lowest BCUT2D eigenvalue weighted by Crippen LogP contribution is -2.64. The number of hydrogen-bond donors (Lipinski definition) is 0. The Kier molecular flexibility index (Phi) is 10.5. The number of thioether (sulfide) groups is 1. The van der Waals surface area contributed by atoms with Gasteiger partial charge in [0.05, 0.1) is 29.8 Å². The molecule has 1 saturated heterocycles. The second kappa shape index (κ2) is 13.5. The van der Waals surface area contributed by atoms with Gasteiger partial charge in [-0.1, -0.05) is 50.1 Å². The van der Waals surface area contributed by atoms with Crippen LogP contribution in [0.5, 0.6) is 0 Å². The van der Waals surface area contributed by atoms with E-state index < -0.39 is 20.4 Å². The molecule has 228 valence electrons. The number of carbonyl (C=O) groups excluding carboxylic acids is 3. The molecule has 0 radical (unpaired) electrons. The molecule has 1 fully saturated rings. The zero-order valence-electron chi connectivity index (χ0n) is 24.6. The summed E-state index contributed by atoms with van der Waals surface area (Å²) >= 11 is 9.09. The lowest BCUT2D eigenvalue weighted by Gasteiger charge is -2.48. The van der Waals surface area contributed by atoms with Gasteiger partial charge in [0, 0.05) is 28.6 Å². The first-order valence-corrected chi connectivity index (χ1v) is 19.5. The number of β-lactam (4-membered cyclic amide) rings is 1. The monoisotopic (exact) mass is 651 g/mol. The number of hydrogen-bond acceptors (Lipinski definition) is 9. The Morgan fingerprint density at radius 1 is 1.26 bits per heavy atom. The van der Waals surface area contributed by atoms with E-state index in [1.807, 2.05) is 25.3 Å². The number of aromatic nitrogens is 1. The molecule has 5 atom stereocenters. The maximum Gasteiger partial charge on any atom is 0.410 e. The zero-order chi connectivity index (χ0) is 30.8. The molecule has 1 aromatic rings. The minimum absolute atomic E-state index is 0.0510. The van der Waals surface area contributed by atoms with Gasteiger partial charge >= 0.3 is 12.1 Å². The molecule has 0 saturated carbocycles.